The van der Waals surface area contributed by atoms with Crippen molar-refractivity contribution in [2.45, 2.75) is 177 Å². The largest absolute Gasteiger partial charge is 0.373 e. The lowest BCUT2D eigenvalue weighted by molar-refractivity contribution is -0.258. The summed E-state index contributed by atoms with van der Waals surface area (Å²) in [6.45, 7) is 35.9. The van der Waals surface area contributed by atoms with E-state index in [0.717, 1.165) is 0 Å². The standard InChI is InChI=1S/C30H60O6/c1-25(2,3)24(31)23(36-30(16,17)18)22(35-29(13,14)15)21(34-28(10,11)12)20(33-27(7,8)9)19-32-26(4,5)6/h20-23H,19H2,1-18H3. The third-order valence-electron chi connectivity index (χ3n) is 4.63. The van der Waals surface area contributed by atoms with E-state index in [1.54, 1.807) is 0 Å². The minimum atomic E-state index is -0.878. The van der Waals surface area contributed by atoms with Crippen molar-refractivity contribution in [3.05, 3.63) is 0 Å². The topological polar surface area (TPSA) is 63.2 Å². The molecule has 36 heavy (non-hydrogen) atoms. The van der Waals surface area contributed by atoms with E-state index in [1.807, 2.05) is 125 Å². The number of hydrogen-bond donors (Lipinski definition) is 0. The monoisotopic (exact) mass is 516 g/mol. The Kier molecular flexibility index (Phi) is 11.9. The van der Waals surface area contributed by atoms with Crippen LogP contribution in [0.3, 0.4) is 0 Å². The fraction of sp³-hybridized carbons (Fsp3) is 0.967. The number of ether oxygens (including phenoxy) is 5. The summed E-state index contributed by atoms with van der Waals surface area (Å²) in [6, 6.07) is 0. The van der Waals surface area contributed by atoms with Gasteiger partial charge in [0.15, 0.2) is 5.78 Å². The Labute approximate surface area is 223 Å². The van der Waals surface area contributed by atoms with E-state index < -0.39 is 52.2 Å². The lowest BCUT2D eigenvalue weighted by Crippen LogP contribution is -2.60. The molecule has 0 spiro atoms. The molecule has 0 rings (SSSR count). The van der Waals surface area contributed by atoms with Crippen molar-refractivity contribution < 1.29 is 28.5 Å². The van der Waals surface area contributed by atoms with Crippen LogP contribution in [0.15, 0.2) is 0 Å². The van der Waals surface area contributed by atoms with Gasteiger partial charge in [-0.05, 0) is 104 Å². The van der Waals surface area contributed by atoms with Crippen molar-refractivity contribution in [1.82, 2.24) is 0 Å². The van der Waals surface area contributed by atoms with Gasteiger partial charge in [-0.3, -0.25) is 4.79 Å². The molecule has 0 saturated carbocycles. The van der Waals surface area contributed by atoms with E-state index in [4.69, 9.17) is 23.7 Å². The molecule has 4 atom stereocenters. The van der Waals surface area contributed by atoms with Gasteiger partial charge in [0.2, 0.25) is 0 Å². The molecule has 6 nitrogen and oxygen atoms in total. The molecule has 0 radical (unpaired) electrons. The van der Waals surface area contributed by atoms with Crippen LogP contribution in [0.5, 0.6) is 0 Å². The quantitative estimate of drug-likeness (QED) is 0.307. The fourth-order valence-electron chi connectivity index (χ4n) is 3.53. The summed E-state index contributed by atoms with van der Waals surface area (Å²) in [4.78, 5) is 13.9. The molecule has 0 heterocycles. The number of carbonyl (C=O) groups is 1. The molecule has 0 aromatic carbocycles. The first kappa shape index (κ1) is 35.5. The van der Waals surface area contributed by atoms with Gasteiger partial charge in [0.1, 0.15) is 24.4 Å². The number of ketones is 1. The Bertz CT molecular complexity index is 671. The summed E-state index contributed by atoms with van der Waals surface area (Å²) in [6.07, 6.45) is -2.79. The molecule has 0 fully saturated rings. The van der Waals surface area contributed by atoms with Gasteiger partial charge >= 0.3 is 0 Å². The second-order valence-electron chi connectivity index (χ2n) is 15.8. The normalized spacial score (nSPS) is 18.1. The summed E-state index contributed by atoms with van der Waals surface area (Å²) in [5, 5.41) is 0. The Hall–Kier alpha value is -0.530. The van der Waals surface area contributed by atoms with Crippen molar-refractivity contribution in [2.75, 3.05) is 6.61 Å². The summed E-state index contributed by atoms with van der Waals surface area (Å²) in [5.74, 6) is -0.0413. The zero-order valence-corrected chi connectivity index (χ0v) is 27.0. The summed E-state index contributed by atoms with van der Waals surface area (Å²) < 4.78 is 32.7. The molecule has 0 saturated heterocycles. The molecule has 0 aromatic rings. The highest BCUT2D eigenvalue weighted by atomic mass is 16.6. The molecule has 0 aliphatic rings. The molecule has 0 amide bonds. The Morgan fingerprint density at radius 1 is 0.500 bits per heavy atom. The Morgan fingerprint density at radius 3 is 1.17 bits per heavy atom. The van der Waals surface area contributed by atoms with Crippen LogP contribution < -0.4 is 0 Å². The van der Waals surface area contributed by atoms with Crippen molar-refractivity contribution in [1.29, 1.82) is 0 Å². The van der Waals surface area contributed by atoms with Crippen molar-refractivity contribution in [2.24, 2.45) is 5.41 Å². The van der Waals surface area contributed by atoms with Crippen molar-refractivity contribution in [3.63, 3.8) is 0 Å². The maximum absolute atomic E-state index is 13.9. The van der Waals surface area contributed by atoms with E-state index >= 15 is 0 Å². The predicted molar refractivity (Wildman–Crippen MR) is 149 cm³/mol. The molecule has 0 N–H and O–H groups in total. The van der Waals surface area contributed by atoms with Crippen LogP contribution in [-0.4, -0.2) is 64.8 Å². The third-order valence-corrected chi connectivity index (χ3v) is 4.63. The zero-order chi connectivity index (χ0) is 29.1. The first-order valence-corrected chi connectivity index (χ1v) is 13.4. The number of Topliss-reactive ketones (excluding diaryl/α,β-unsaturated/α-hetero) is 1. The lowest BCUT2D eigenvalue weighted by Gasteiger charge is -2.46. The van der Waals surface area contributed by atoms with Gasteiger partial charge in [0, 0.05) is 5.41 Å². The third kappa shape index (κ3) is 15.7. The number of carbonyl (C=O) groups excluding carboxylic acids is 1. The minimum absolute atomic E-state index is 0.0413. The number of rotatable bonds is 10. The van der Waals surface area contributed by atoms with E-state index in [2.05, 4.69) is 0 Å². The molecule has 0 bridgehead atoms. The van der Waals surface area contributed by atoms with E-state index in [1.165, 1.54) is 0 Å². The molecule has 216 valence electrons. The first-order valence-electron chi connectivity index (χ1n) is 13.4. The Morgan fingerprint density at radius 2 is 0.861 bits per heavy atom. The molecule has 0 aromatic heterocycles. The van der Waals surface area contributed by atoms with Crippen LogP contribution in [0.2, 0.25) is 0 Å². The van der Waals surface area contributed by atoms with Crippen LogP contribution in [0, 0.1) is 5.41 Å². The molecule has 0 aliphatic carbocycles. The summed E-state index contributed by atoms with van der Waals surface area (Å²) in [5.41, 5.74) is -3.20. The summed E-state index contributed by atoms with van der Waals surface area (Å²) in [7, 11) is 0. The predicted octanol–water partition coefficient (Wildman–Crippen LogP) is 7.15. The van der Waals surface area contributed by atoms with Gasteiger partial charge in [-0.2, -0.15) is 0 Å². The summed E-state index contributed by atoms with van der Waals surface area (Å²) >= 11 is 0. The first-order chi connectivity index (χ1) is 15.5. The van der Waals surface area contributed by atoms with Gasteiger partial charge in [0.25, 0.3) is 0 Å². The van der Waals surface area contributed by atoms with Crippen molar-refractivity contribution >= 4 is 5.78 Å². The maximum atomic E-state index is 13.9. The van der Waals surface area contributed by atoms with Crippen LogP contribution >= 0.6 is 0 Å². The second kappa shape index (κ2) is 12.1. The van der Waals surface area contributed by atoms with E-state index in [0.29, 0.717) is 0 Å². The molecule has 6 heteroatoms. The van der Waals surface area contributed by atoms with Gasteiger partial charge in [-0.15, -0.1) is 0 Å². The highest BCUT2D eigenvalue weighted by Gasteiger charge is 2.49. The highest BCUT2D eigenvalue weighted by molar-refractivity contribution is 5.88. The molecular formula is C30H60O6. The van der Waals surface area contributed by atoms with E-state index in [9.17, 15) is 4.79 Å². The average Bonchev–Trinajstić information content (AvgIpc) is 2.54. The smallest absolute Gasteiger partial charge is 0.169 e. The SMILES string of the molecule is CC(C)(C)OCC(OC(C)(C)C)C(OC(C)(C)C)C(OC(C)(C)C)C(OC(C)(C)C)C(=O)C(C)(C)C. The fourth-order valence-corrected chi connectivity index (χ4v) is 3.53. The average molecular weight is 517 g/mol. The molecular weight excluding hydrogens is 456 g/mol. The van der Waals surface area contributed by atoms with Gasteiger partial charge < -0.3 is 23.7 Å². The number of hydrogen-bond acceptors (Lipinski definition) is 6. The molecule has 4 unspecified atom stereocenters. The molecule has 0 aliphatic heterocycles. The Balaban J connectivity index is 7.07. The minimum Gasteiger partial charge on any atom is -0.373 e. The van der Waals surface area contributed by atoms with E-state index in [-0.39, 0.29) is 18.0 Å². The van der Waals surface area contributed by atoms with Crippen LogP contribution in [0.25, 0.3) is 0 Å². The van der Waals surface area contributed by atoms with Gasteiger partial charge in [-0.1, -0.05) is 20.8 Å². The van der Waals surface area contributed by atoms with Crippen LogP contribution in [0.1, 0.15) is 125 Å². The van der Waals surface area contributed by atoms with Crippen LogP contribution in [0.4, 0.5) is 0 Å². The highest BCUT2D eigenvalue weighted by Crippen LogP contribution is 2.33. The maximum Gasteiger partial charge on any atom is 0.169 e. The second-order valence-corrected chi connectivity index (χ2v) is 15.8. The van der Waals surface area contributed by atoms with Gasteiger partial charge in [0.05, 0.1) is 34.6 Å². The van der Waals surface area contributed by atoms with Crippen LogP contribution in [-0.2, 0) is 28.5 Å². The van der Waals surface area contributed by atoms with Gasteiger partial charge in [-0.25, -0.2) is 0 Å². The zero-order valence-electron chi connectivity index (χ0n) is 27.0. The lowest BCUT2D eigenvalue weighted by atomic mass is 9.83. The van der Waals surface area contributed by atoms with Crippen molar-refractivity contribution in [3.8, 4) is 0 Å².